The number of halogens is 3. The number of rotatable bonds is 3. The minimum absolute atomic E-state index is 0.242. The van der Waals surface area contributed by atoms with Crippen molar-refractivity contribution < 1.29 is 28.5 Å². The quantitative estimate of drug-likeness (QED) is 0.830. The normalized spacial score (nSPS) is 11.1. The van der Waals surface area contributed by atoms with Crippen LogP contribution in [0.1, 0.15) is 0 Å². The molecule has 1 N–H and O–H groups in total. The highest BCUT2D eigenvalue weighted by molar-refractivity contribution is 14.1. The Hall–Kier alpha value is -1.12. The number of hydrogen-bond acceptors (Lipinski definition) is 4. The van der Waals surface area contributed by atoms with Crippen LogP contribution in [0.15, 0.2) is 18.2 Å². The highest BCUT2D eigenvalue weighted by Gasteiger charge is 2.34. The van der Waals surface area contributed by atoms with E-state index in [2.05, 4.69) is 4.74 Å². The third kappa shape index (κ3) is 2.91. The number of hydrogen-bond donors (Lipinski definition) is 1. The van der Waals surface area contributed by atoms with E-state index in [9.17, 15) is 18.7 Å². The van der Waals surface area contributed by atoms with E-state index in [1.54, 1.807) is 22.6 Å². The molecule has 0 aromatic heterocycles. The summed E-state index contributed by atoms with van der Waals surface area (Å²) >= 11 is 1.66. The molecule has 0 heterocycles. The molecule has 0 fully saturated rings. The van der Waals surface area contributed by atoms with Gasteiger partial charge in [-0.15, -0.1) is 0 Å². The maximum Gasteiger partial charge on any atom is 0.441 e. The fourth-order valence-electron chi connectivity index (χ4n) is 0.750. The van der Waals surface area contributed by atoms with E-state index in [1.807, 2.05) is 0 Å². The van der Waals surface area contributed by atoms with Crippen molar-refractivity contribution in [2.24, 2.45) is 0 Å². The first-order chi connectivity index (χ1) is 6.83. The second-order valence-electron chi connectivity index (χ2n) is 2.52. The minimum Gasteiger partial charge on any atom is -0.541 e. The summed E-state index contributed by atoms with van der Waals surface area (Å²) in [6, 6.07) is 3.45. The average Bonchev–Trinajstić information content (AvgIpc) is 2.10. The van der Waals surface area contributed by atoms with Gasteiger partial charge in [0, 0.05) is 6.07 Å². The van der Waals surface area contributed by atoms with Crippen molar-refractivity contribution >= 4 is 28.6 Å². The van der Waals surface area contributed by atoms with E-state index in [0.29, 0.717) is 0 Å². The van der Waals surface area contributed by atoms with Crippen LogP contribution in [0.3, 0.4) is 0 Å². The van der Waals surface area contributed by atoms with Crippen LogP contribution in [0.4, 0.5) is 8.78 Å². The van der Waals surface area contributed by atoms with Crippen molar-refractivity contribution in [1.29, 1.82) is 0 Å². The molecule has 7 heteroatoms. The van der Waals surface area contributed by atoms with Crippen LogP contribution < -0.4 is 9.84 Å². The van der Waals surface area contributed by atoms with Crippen LogP contribution in [-0.4, -0.2) is 17.2 Å². The zero-order chi connectivity index (χ0) is 11.6. The lowest BCUT2D eigenvalue weighted by molar-refractivity contribution is -0.350. The van der Waals surface area contributed by atoms with Crippen LogP contribution in [-0.2, 0) is 4.79 Å². The first-order valence-corrected chi connectivity index (χ1v) is 4.67. The molecule has 0 saturated heterocycles. The fraction of sp³-hybridized carbons (Fsp3) is 0.125. The number of carbonyl (C=O) groups is 1. The number of carbonyl (C=O) groups excluding carboxylic acids is 1. The second kappa shape index (κ2) is 4.17. The number of benzene rings is 1. The van der Waals surface area contributed by atoms with E-state index in [1.165, 1.54) is 12.1 Å². The Bertz CT molecular complexity index is 394. The molecule has 82 valence electrons. The van der Waals surface area contributed by atoms with Gasteiger partial charge in [0.25, 0.3) is 0 Å². The molecular formula is C8H4F2IO4-. The molecule has 0 aliphatic carbocycles. The van der Waals surface area contributed by atoms with Gasteiger partial charge < -0.3 is 19.7 Å². The number of phenols is 1. The van der Waals surface area contributed by atoms with Gasteiger partial charge in [-0.1, -0.05) is 0 Å². The van der Waals surface area contributed by atoms with Gasteiger partial charge in [0.2, 0.25) is 0 Å². The molecule has 1 rings (SSSR count). The molecular weight excluding hydrogens is 325 g/mol. The number of aromatic hydroxyl groups is 1. The van der Waals surface area contributed by atoms with Gasteiger partial charge in [-0.05, 0) is 34.7 Å². The van der Waals surface area contributed by atoms with E-state index in [4.69, 9.17) is 5.11 Å². The zero-order valence-electron chi connectivity index (χ0n) is 7.04. The van der Waals surface area contributed by atoms with Crippen molar-refractivity contribution in [3.05, 3.63) is 21.8 Å². The van der Waals surface area contributed by atoms with Crippen molar-refractivity contribution in [2.45, 2.75) is 6.11 Å². The summed E-state index contributed by atoms with van der Waals surface area (Å²) in [5.74, 6) is -3.37. The topological polar surface area (TPSA) is 69.6 Å². The summed E-state index contributed by atoms with van der Waals surface area (Å²) in [5.41, 5.74) is 0. The Kier molecular flexibility index (Phi) is 3.32. The van der Waals surface area contributed by atoms with Crippen molar-refractivity contribution in [3.63, 3.8) is 0 Å². The Morgan fingerprint density at radius 2 is 2.13 bits per heavy atom. The lowest BCUT2D eigenvalue weighted by atomic mass is 10.3. The van der Waals surface area contributed by atoms with E-state index in [-0.39, 0.29) is 9.32 Å². The SMILES string of the molecule is O=C([O-])C(F)(F)Oc1cc(O)ccc1I. The van der Waals surface area contributed by atoms with Crippen LogP contribution in [0.5, 0.6) is 11.5 Å². The first kappa shape index (κ1) is 12.0. The Balaban J connectivity index is 2.99. The molecule has 4 nitrogen and oxygen atoms in total. The molecule has 1 aromatic rings. The molecule has 1 aromatic carbocycles. The maximum absolute atomic E-state index is 12.6. The molecule has 0 atom stereocenters. The van der Waals surface area contributed by atoms with Crippen LogP contribution in [0.25, 0.3) is 0 Å². The van der Waals surface area contributed by atoms with Crippen molar-refractivity contribution in [2.75, 3.05) is 0 Å². The number of aliphatic carboxylic acids is 1. The van der Waals surface area contributed by atoms with Gasteiger partial charge in [-0.25, -0.2) is 0 Å². The average molecular weight is 329 g/mol. The summed E-state index contributed by atoms with van der Waals surface area (Å²) in [7, 11) is 0. The molecule has 15 heavy (non-hydrogen) atoms. The monoisotopic (exact) mass is 329 g/mol. The van der Waals surface area contributed by atoms with Gasteiger partial charge in [0.15, 0.2) is 5.97 Å². The smallest absolute Gasteiger partial charge is 0.441 e. The molecule has 0 amide bonds. The number of carboxylic acids is 1. The number of phenolic OH excluding ortho intramolecular Hbond substituents is 1. The van der Waals surface area contributed by atoms with Gasteiger partial charge in [-0.2, -0.15) is 8.78 Å². The number of ether oxygens (including phenoxy) is 1. The van der Waals surface area contributed by atoms with E-state index in [0.717, 1.165) is 6.07 Å². The van der Waals surface area contributed by atoms with Crippen molar-refractivity contribution in [1.82, 2.24) is 0 Å². The lowest BCUT2D eigenvalue weighted by Crippen LogP contribution is -2.45. The summed E-state index contributed by atoms with van der Waals surface area (Å²) in [5, 5.41) is 19.0. The first-order valence-electron chi connectivity index (χ1n) is 3.60. The third-order valence-corrected chi connectivity index (χ3v) is 2.28. The van der Waals surface area contributed by atoms with E-state index >= 15 is 0 Å². The molecule has 0 saturated carbocycles. The summed E-state index contributed by atoms with van der Waals surface area (Å²) in [4.78, 5) is 9.97. The van der Waals surface area contributed by atoms with Crippen molar-refractivity contribution in [3.8, 4) is 11.5 Å². The molecule has 0 spiro atoms. The Morgan fingerprint density at radius 3 is 2.67 bits per heavy atom. The largest absolute Gasteiger partial charge is 0.541 e. The predicted molar refractivity (Wildman–Crippen MR) is 51.4 cm³/mol. The second-order valence-corrected chi connectivity index (χ2v) is 3.68. The van der Waals surface area contributed by atoms with Gasteiger partial charge in [0.05, 0.1) is 3.57 Å². The maximum atomic E-state index is 12.6. The molecule has 0 aliphatic rings. The molecule has 0 bridgehead atoms. The Labute approximate surface area is 96.6 Å². The minimum atomic E-state index is -4.42. The standard InChI is InChI=1S/C8H5F2IO4/c9-8(10,7(13)14)15-6-3-4(12)1-2-5(6)11/h1-3,12H,(H,13,14)/p-1. The zero-order valence-corrected chi connectivity index (χ0v) is 9.20. The van der Waals surface area contributed by atoms with Crippen LogP contribution >= 0.6 is 22.6 Å². The molecule has 0 radical (unpaired) electrons. The molecule has 0 unspecified atom stereocenters. The van der Waals surface area contributed by atoms with Crippen LogP contribution in [0, 0.1) is 3.57 Å². The van der Waals surface area contributed by atoms with Gasteiger partial charge >= 0.3 is 6.11 Å². The lowest BCUT2D eigenvalue weighted by Gasteiger charge is -2.19. The third-order valence-electron chi connectivity index (χ3n) is 1.39. The number of carboxylic acid groups (broad SMARTS) is 1. The van der Waals surface area contributed by atoms with E-state index < -0.39 is 17.8 Å². The highest BCUT2D eigenvalue weighted by atomic mass is 127. The Morgan fingerprint density at radius 1 is 1.53 bits per heavy atom. The fourth-order valence-corrected chi connectivity index (χ4v) is 1.20. The molecule has 0 aliphatic heterocycles. The summed E-state index contributed by atoms with van der Waals surface area (Å²) in [6.45, 7) is 0. The van der Waals surface area contributed by atoms with Gasteiger partial charge in [0.1, 0.15) is 11.5 Å². The predicted octanol–water partition coefficient (Wildman–Crippen LogP) is 0.718. The summed E-state index contributed by atoms with van der Waals surface area (Å²) in [6.07, 6.45) is -4.42. The van der Waals surface area contributed by atoms with Crippen LogP contribution in [0.2, 0.25) is 0 Å². The summed E-state index contributed by atoms with van der Waals surface area (Å²) < 4.78 is 29.3. The highest BCUT2D eigenvalue weighted by Crippen LogP contribution is 2.29. The van der Waals surface area contributed by atoms with Gasteiger partial charge in [-0.3, -0.25) is 0 Å². The number of alkyl halides is 2.